The Bertz CT molecular complexity index is 790. The molecule has 0 aliphatic heterocycles. The summed E-state index contributed by atoms with van der Waals surface area (Å²) in [6, 6.07) is 8.01. The maximum Gasteiger partial charge on any atom is 0.342 e. The van der Waals surface area contributed by atoms with Crippen molar-refractivity contribution in [2.24, 2.45) is 0 Å². The first-order valence-corrected chi connectivity index (χ1v) is 7.63. The van der Waals surface area contributed by atoms with Gasteiger partial charge in [0.2, 0.25) is 0 Å². The monoisotopic (exact) mass is 344 g/mol. The Morgan fingerprint density at radius 3 is 2.28 bits per heavy atom. The summed E-state index contributed by atoms with van der Waals surface area (Å²) in [6.45, 7) is 2.96. The van der Waals surface area contributed by atoms with Gasteiger partial charge < -0.3 is 19.4 Å². The van der Waals surface area contributed by atoms with E-state index in [1.165, 1.54) is 4.90 Å². The van der Waals surface area contributed by atoms with Gasteiger partial charge in [0.05, 0.1) is 0 Å². The van der Waals surface area contributed by atoms with Crippen LogP contribution in [0.3, 0.4) is 0 Å². The van der Waals surface area contributed by atoms with Gasteiger partial charge in [-0.25, -0.2) is 4.79 Å². The van der Waals surface area contributed by atoms with Gasteiger partial charge in [-0.3, -0.25) is 9.59 Å². The molecule has 1 heterocycles. The van der Waals surface area contributed by atoms with Gasteiger partial charge in [0.15, 0.2) is 6.61 Å². The number of hydrogen-bond donors (Lipinski definition) is 1. The first-order chi connectivity index (χ1) is 11.8. The van der Waals surface area contributed by atoms with Crippen LogP contribution >= 0.6 is 0 Å². The van der Waals surface area contributed by atoms with Gasteiger partial charge in [-0.1, -0.05) is 0 Å². The Morgan fingerprint density at radius 2 is 1.76 bits per heavy atom. The summed E-state index contributed by atoms with van der Waals surface area (Å²) in [7, 11) is 3.32. The number of esters is 1. The van der Waals surface area contributed by atoms with E-state index in [2.05, 4.69) is 5.32 Å². The highest BCUT2D eigenvalue weighted by molar-refractivity contribution is 5.97. The minimum Gasteiger partial charge on any atom is -0.466 e. The molecule has 2 amide bonds. The standard InChI is InChI=1S/C18H20N2O5/c1-11-9-15(12(2)25-11)18(23)24-10-16(21)19-14-7-5-13(6-8-14)17(22)20(3)4/h5-9H,10H2,1-4H3,(H,19,21). The average molecular weight is 344 g/mol. The maximum atomic E-state index is 11.9. The van der Waals surface area contributed by atoms with Crippen LogP contribution < -0.4 is 5.32 Å². The van der Waals surface area contributed by atoms with E-state index in [0.29, 0.717) is 28.3 Å². The van der Waals surface area contributed by atoms with Crippen molar-refractivity contribution in [3.05, 3.63) is 53.0 Å². The predicted molar refractivity (Wildman–Crippen MR) is 91.6 cm³/mol. The van der Waals surface area contributed by atoms with Gasteiger partial charge in [-0.2, -0.15) is 0 Å². The number of nitrogens with one attached hydrogen (secondary N) is 1. The fraction of sp³-hybridized carbons (Fsp3) is 0.278. The number of amides is 2. The molecule has 0 atom stereocenters. The number of rotatable bonds is 5. The van der Waals surface area contributed by atoms with E-state index in [4.69, 9.17) is 9.15 Å². The number of carbonyl (C=O) groups excluding carboxylic acids is 3. The lowest BCUT2D eigenvalue weighted by Crippen LogP contribution is -2.22. The van der Waals surface area contributed by atoms with Crippen LogP contribution in [0.15, 0.2) is 34.7 Å². The van der Waals surface area contributed by atoms with Crippen LogP contribution in [0, 0.1) is 13.8 Å². The fourth-order valence-corrected chi connectivity index (χ4v) is 2.19. The molecule has 7 heteroatoms. The zero-order valence-corrected chi connectivity index (χ0v) is 14.6. The third kappa shape index (κ3) is 4.69. The summed E-state index contributed by atoms with van der Waals surface area (Å²) in [5, 5.41) is 2.60. The van der Waals surface area contributed by atoms with Gasteiger partial charge in [0.1, 0.15) is 17.1 Å². The molecule has 7 nitrogen and oxygen atoms in total. The van der Waals surface area contributed by atoms with Gasteiger partial charge in [-0.05, 0) is 44.2 Å². The molecule has 0 aliphatic rings. The van der Waals surface area contributed by atoms with Gasteiger partial charge in [-0.15, -0.1) is 0 Å². The first kappa shape index (κ1) is 18.3. The van der Waals surface area contributed by atoms with Crippen molar-refractivity contribution in [2.45, 2.75) is 13.8 Å². The Kier molecular flexibility index (Phi) is 5.59. The van der Waals surface area contributed by atoms with E-state index in [0.717, 1.165) is 0 Å². The molecule has 2 rings (SSSR count). The maximum absolute atomic E-state index is 11.9. The predicted octanol–water partition coefficient (Wildman–Crippen LogP) is 2.39. The summed E-state index contributed by atoms with van der Waals surface area (Å²) in [5.74, 6) is -0.169. The van der Waals surface area contributed by atoms with Crippen molar-refractivity contribution in [3.63, 3.8) is 0 Å². The van der Waals surface area contributed by atoms with E-state index in [1.54, 1.807) is 58.3 Å². The molecule has 0 saturated carbocycles. The molecule has 0 aliphatic carbocycles. The molecular formula is C18H20N2O5. The van der Waals surface area contributed by atoms with Crippen molar-refractivity contribution in [1.29, 1.82) is 0 Å². The second-order valence-corrected chi connectivity index (χ2v) is 5.73. The Morgan fingerprint density at radius 1 is 1.12 bits per heavy atom. The molecule has 0 saturated heterocycles. The zero-order chi connectivity index (χ0) is 18.6. The number of aryl methyl sites for hydroxylation is 2. The second-order valence-electron chi connectivity index (χ2n) is 5.73. The molecule has 25 heavy (non-hydrogen) atoms. The SMILES string of the molecule is Cc1cc(C(=O)OCC(=O)Nc2ccc(C(=O)N(C)C)cc2)c(C)o1. The van der Waals surface area contributed by atoms with E-state index in [1.807, 2.05) is 0 Å². The average Bonchev–Trinajstić information content (AvgIpc) is 2.91. The van der Waals surface area contributed by atoms with Crippen LogP contribution in [0.2, 0.25) is 0 Å². The molecule has 0 bridgehead atoms. The summed E-state index contributed by atoms with van der Waals surface area (Å²) in [6.07, 6.45) is 0. The fourth-order valence-electron chi connectivity index (χ4n) is 2.19. The van der Waals surface area contributed by atoms with Crippen LogP contribution in [0.5, 0.6) is 0 Å². The number of ether oxygens (including phenoxy) is 1. The van der Waals surface area contributed by atoms with Crippen LogP contribution in [0.4, 0.5) is 5.69 Å². The number of hydrogen-bond acceptors (Lipinski definition) is 5. The molecule has 2 aromatic rings. The summed E-state index contributed by atoms with van der Waals surface area (Å²) in [4.78, 5) is 37.1. The lowest BCUT2D eigenvalue weighted by atomic mass is 10.2. The third-order valence-electron chi connectivity index (χ3n) is 3.42. The minimum absolute atomic E-state index is 0.127. The summed E-state index contributed by atoms with van der Waals surface area (Å²) in [5.41, 5.74) is 1.32. The zero-order valence-electron chi connectivity index (χ0n) is 14.6. The van der Waals surface area contributed by atoms with E-state index >= 15 is 0 Å². The van der Waals surface area contributed by atoms with Gasteiger partial charge in [0, 0.05) is 25.3 Å². The molecule has 1 N–H and O–H groups in total. The molecule has 0 radical (unpaired) electrons. The van der Waals surface area contributed by atoms with E-state index < -0.39 is 18.5 Å². The quantitative estimate of drug-likeness (QED) is 0.841. The van der Waals surface area contributed by atoms with E-state index in [-0.39, 0.29) is 5.91 Å². The Labute approximate surface area is 145 Å². The van der Waals surface area contributed by atoms with Crippen molar-refractivity contribution >= 4 is 23.5 Å². The molecular weight excluding hydrogens is 324 g/mol. The van der Waals surface area contributed by atoms with Crippen LogP contribution in [0.25, 0.3) is 0 Å². The minimum atomic E-state index is -0.614. The van der Waals surface area contributed by atoms with Crippen LogP contribution in [-0.2, 0) is 9.53 Å². The molecule has 0 spiro atoms. The largest absolute Gasteiger partial charge is 0.466 e. The smallest absolute Gasteiger partial charge is 0.342 e. The molecule has 1 aromatic carbocycles. The highest BCUT2D eigenvalue weighted by atomic mass is 16.5. The topological polar surface area (TPSA) is 88.8 Å². The van der Waals surface area contributed by atoms with Crippen molar-refractivity contribution in [1.82, 2.24) is 4.90 Å². The highest BCUT2D eigenvalue weighted by Gasteiger charge is 2.16. The lowest BCUT2D eigenvalue weighted by molar-refractivity contribution is -0.119. The number of benzene rings is 1. The number of nitrogens with zero attached hydrogens (tertiary/aromatic N) is 1. The third-order valence-corrected chi connectivity index (χ3v) is 3.42. The van der Waals surface area contributed by atoms with Gasteiger partial charge in [0.25, 0.3) is 11.8 Å². The van der Waals surface area contributed by atoms with Crippen molar-refractivity contribution in [2.75, 3.05) is 26.0 Å². The Balaban J connectivity index is 1.89. The molecule has 1 aromatic heterocycles. The number of furan rings is 1. The van der Waals surface area contributed by atoms with Crippen LogP contribution in [-0.4, -0.2) is 43.4 Å². The van der Waals surface area contributed by atoms with E-state index in [9.17, 15) is 14.4 Å². The lowest BCUT2D eigenvalue weighted by Gasteiger charge is -2.11. The number of anilines is 1. The number of carbonyl (C=O) groups is 3. The summed E-state index contributed by atoms with van der Waals surface area (Å²) < 4.78 is 10.2. The highest BCUT2D eigenvalue weighted by Crippen LogP contribution is 2.15. The normalized spacial score (nSPS) is 10.2. The molecule has 0 fully saturated rings. The second kappa shape index (κ2) is 7.65. The summed E-state index contributed by atoms with van der Waals surface area (Å²) >= 11 is 0. The van der Waals surface area contributed by atoms with Crippen LogP contribution in [0.1, 0.15) is 32.2 Å². The van der Waals surface area contributed by atoms with Crippen molar-refractivity contribution < 1.29 is 23.5 Å². The molecule has 132 valence electrons. The van der Waals surface area contributed by atoms with Gasteiger partial charge >= 0.3 is 5.97 Å². The first-order valence-electron chi connectivity index (χ1n) is 7.63. The van der Waals surface area contributed by atoms with Crippen molar-refractivity contribution in [3.8, 4) is 0 Å². The molecule has 0 unspecified atom stereocenters. The Hall–Kier alpha value is -3.09.